The molecule has 106 valence electrons. The van der Waals surface area contributed by atoms with Crippen LogP contribution in [0.3, 0.4) is 0 Å². The molecule has 19 heavy (non-hydrogen) atoms. The minimum Gasteiger partial charge on any atom is -0.481 e. The fourth-order valence-corrected chi connectivity index (χ4v) is 0.975. The van der Waals surface area contributed by atoms with Crippen molar-refractivity contribution in [2.75, 3.05) is 27.2 Å². The number of carbonyl (C=O) groups excluding carboxylic acids is 1. The number of carboxylic acids is 1. The largest absolute Gasteiger partial charge is 0.481 e. The van der Waals surface area contributed by atoms with Crippen molar-refractivity contribution >= 4 is 11.9 Å². The molecule has 0 saturated heterocycles. The van der Waals surface area contributed by atoms with E-state index in [0.717, 1.165) is 6.54 Å². The number of carbonyl (C=O) groups is 2. The second-order valence-electron chi connectivity index (χ2n) is 3.94. The molecule has 0 atom stereocenters. The van der Waals surface area contributed by atoms with Gasteiger partial charge in [-0.2, -0.15) is 0 Å². The summed E-state index contributed by atoms with van der Waals surface area (Å²) in [6.07, 6.45) is -0.0570. The topological polar surface area (TPSA) is 69.6 Å². The average Bonchev–Trinajstić information content (AvgIpc) is 2.47. The van der Waals surface area contributed by atoms with Crippen molar-refractivity contribution in [1.82, 2.24) is 10.2 Å². The van der Waals surface area contributed by atoms with E-state index in [2.05, 4.69) is 5.32 Å². The number of aliphatic carboxylic acids is 1. The highest BCUT2D eigenvalue weighted by atomic mass is 16.4. The molecule has 5 nitrogen and oxygen atoms in total. The molecule has 0 spiro atoms. The average molecular weight is 267 g/mol. The molecule has 1 aromatic rings. The van der Waals surface area contributed by atoms with Crippen molar-refractivity contribution in [2.45, 2.75) is 13.3 Å². The first-order valence-corrected chi connectivity index (χ1v) is 6.04. The van der Waals surface area contributed by atoms with E-state index in [1.165, 1.54) is 0 Å². The summed E-state index contributed by atoms with van der Waals surface area (Å²) in [4.78, 5) is 23.4. The molecule has 0 heterocycles. The van der Waals surface area contributed by atoms with Gasteiger partial charge in [0.15, 0.2) is 0 Å². The molecule has 0 aliphatic heterocycles. The van der Waals surface area contributed by atoms with Gasteiger partial charge in [0.2, 0.25) is 0 Å². The van der Waals surface area contributed by atoms with Crippen LogP contribution in [0.25, 0.3) is 0 Å². The second-order valence-corrected chi connectivity index (χ2v) is 3.94. The van der Waals surface area contributed by atoms with Crippen LogP contribution in [0.15, 0.2) is 30.3 Å². The maximum atomic E-state index is 11.3. The number of carboxylic acid groups (broad SMARTS) is 1. The highest BCUT2D eigenvalue weighted by molar-refractivity contribution is 5.94. The third kappa shape index (κ3) is 9.79. The van der Waals surface area contributed by atoms with Gasteiger partial charge in [-0.3, -0.25) is 9.59 Å². The van der Waals surface area contributed by atoms with Crippen LogP contribution in [0.5, 0.6) is 0 Å². The number of hydrogen-bond acceptors (Lipinski definition) is 3. The third-order valence-electron chi connectivity index (χ3n) is 2.20. The molecule has 0 unspecified atom stereocenters. The Morgan fingerprint density at radius 1 is 1.37 bits per heavy atom. The predicted molar refractivity (Wildman–Crippen MR) is 75.3 cm³/mol. The Morgan fingerprint density at radius 3 is 2.42 bits per heavy atom. The standard InChI is InChI=1S/C10H11NO3.C4H11N/c12-9(13)6-7-11-10(14)8-4-2-1-3-5-8;1-4-5(2)3/h1-5H,6-7H2,(H,11,14)(H,12,13);4H2,1-3H3/i;2D. The van der Waals surface area contributed by atoms with Crippen LogP contribution in [-0.4, -0.2) is 49.0 Å². The van der Waals surface area contributed by atoms with Crippen LogP contribution in [0.1, 0.15) is 25.1 Å². The minimum atomic E-state index is -0.918. The molecular formula is C14H22N2O3. The molecular weight excluding hydrogens is 244 g/mol. The summed E-state index contributed by atoms with van der Waals surface area (Å²) in [5.41, 5.74) is 0.540. The maximum Gasteiger partial charge on any atom is 0.305 e. The molecule has 0 aliphatic carbocycles. The Morgan fingerprint density at radius 2 is 2.00 bits per heavy atom. The van der Waals surface area contributed by atoms with Crippen LogP contribution in [0.2, 0.25) is 0 Å². The van der Waals surface area contributed by atoms with Gasteiger partial charge in [-0.25, -0.2) is 0 Å². The maximum absolute atomic E-state index is 11.3. The number of benzene rings is 1. The lowest BCUT2D eigenvalue weighted by Gasteiger charge is -2.02. The number of nitrogens with zero attached hydrogens (tertiary/aromatic N) is 1. The molecule has 5 heteroatoms. The molecule has 0 radical (unpaired) electrons. The molecule has 1 amide bonds. The normalized spacial score (nSPS) is 10.2. The number of nitrogens with one attached hydrogen (secondary N) is 1. The van der Waals surface area contributed by atoms with Gasteiger partial charge in [0.25, 0.3) is 5.91 Å². The highest BCUT2D eigenvalue weighted by Gasteiger charge is 2.04. The summed E-state index contributed by atoms with van der Waals surface area (Å²) >= 11 is 0. The zero-order chi connectivity index (χ0) is 15.4. The smallest absolute Gasteiger partial charge is 0.305 e. The van der Waals surface area contributed by atoms with Crippen LogP contribution in [-0.2, 0) is 4.79 Å². The Kier molecular flexibility index (Phi) is 8.05. The van der Waals surface area contributed by atoms with Crippen LogP contribution in [0.4, 0.5) is 0 Å². The van der Waals surface area contributed by atoms with Gasteiger partial charge < -0.3 is 15.3 Å². The summed E-state index contributed by atoms with van der Waals surface area (Å²) in [5, 5.41) is 10.9. The quantitative estimate of drug-likeness (QED) is 0.847. The molecule has 0 bridgehead atoms. The van der Waals surface area contributed by atoms with Gasteiger partial charge in [-0.15, -0.1) is 0 Å². The van der Waals surface area contributed by atoms with Crippen LogP contribution in [0, 0.1) is 0 Å². The Hall–Kier alpha value is -1.88. The zero-order valence-electron chi connectivity index (χ0n) is 12.4. The minimum absolute atomic E-state index is 0.0570. The van der Waals surface area contributed by atoms with E-state index >= 15 is 0 Å². The van der Waals surface area contributed by atoms with E-state index in [-0.39, 0.29) is 18.9 Å². The van der Waals surface area contributed by atoms with Crippen molar-refractivity contribution in [2.24, 2.45) is 0 Å². The molecule has 2 N–H and O–H groups in total. The fourth-order valence-electron chi connectivity index (χ4n) is 0.975. The SMILES string of the molecule is O=C(O)CCNC(=O)c1ccccc1.[2H]CN(C)CC. The van der Waals surface area contributed by atoms with Gasteiger partial charge in [-0.05, 0) is 32.7 Å². The van der Waals surface area contributed by atoms with Crippen molar-refractivity contribution in [3.8, 4) is 0 Å². The first-order valence-electron chi connectivity index (χ1n) is 6.74. The first-order chi connectivity index (χ1) is 9.51. The van der Waals surface area contributed by atoms with Gasteiger partial charge in [-0.1, -0.05) is 25.1 Å². The lowest BCUT2D eigenvalue weighted by Crippen LogP contribution is -2.25. The van der Waals surface area contributed by atoms with Crippen molar-refractivity contribution in [3.05, 3.63) is 35.9 Å². The second kappa shape index (κ2) is 10.1. The first kappa shape index (κ1) is 15.2. The predicted octanol–water partition coefficient (Wildman–Crippen LogP) is 1.46. The van der Waals surface area contributed by atoms with Gasteiger partial charge in [0, 0.05) is 13.5 Å². The third-order valence-corrected chi connectivity index (χ3v) is 2.20. The molecule has 1 aromatic carbocycles. The zero-order valence-corrected chi connectivity index (χ0v) is 11.4. The molecule has 1 rings (SSSR count). The van der Waals surface area contributed by atoms with Crippen LogP contribution < -0.4 is 5.32 Å². The fraction of sp³-hybridized carbons (Fsp3) is 0.429. The van der Waals surface area contributed by atoms with E-state index in [1.54, 1.807) is 24.3 Å². The van der Waals surface area contributed by atoms with Gasteiger partial charge >= 0.3 is 5.97 Å². The van der Waals surface area contributed by atoms with Gasteiger partial charge in [0.1, 0.15) is 0 Å². The van der Waals surface area contributed by atoms with Crippen molar-refractivity contribution < 1.29 is 16.1 Å². The Balaban J connectivity index is 0.000000511. The highest BCUT2D eigenvalue weighted by Crippen LogP contribution is 1.97. The number of amides is 1. The monoisotopic (exact) mass is 267 g/mol. The molecule has 0 aliphatic rings. The van der Waals surface area contributed by atoms with E-state index in [4.69, 9.17) is 6.48 Å². The van der Waals surface area contributed by atoms with Crippen molar-refractivity contribution in [1.29, 1.82) is 0 Å². The lowest BCUT2D eigenvalue weighted by molar-refractivity contribution is -0.136. The summed E-state index contributed by atoms with van der Waals surface area (Å²) in [6, 6.07) is 8.68. The van der Waals surface area contributed by atoms with E-state index in [0.29, 0.717) is 12.6 Å². The van der Waals surface area contributed by atoms with E-state index in [1.807, 2.05) is 24.9 Å². The van der Waals surface area contributed by atoms with Crippen LogP contribution >= 0.6 is 0 Å². The molecule has 0 saturated carbocycles. The Labute approximate surface area is 115 Å². The van der Waals surface area contributed by atoms with Crippen molar-refractivity contribution in [3.63, 3.8) is 0 Å². The molecule has 0 fully saturated rings. The summed E-state index contributed by atoms with van der Waals surface area (Å²) in [5.74, 6) is -1.16. The summed E-state index contributed by atoms with van der Waals surface area (Å²) in [7, 11) is 2.34. The van der Waals surface area contributed by atoms with E-state index < -0.39 is 5.97 Å². The molecule has 0 aromatic heterocycles. The summed E-state index contributed by atoms with van der Waals surface area (Å²) in [6.45, 7) is 3.17. The Bertz CT molecular complexity index is 395. The van der Waals surface area contributed by atoms with Gasteiger partial charge in [0.05, 0.1) is 6.42 Å². The van der Waals surface area contributed by atoms with E-state index in [9.17, 15) is 9.59 Å². The number of rotatable bonds is 5. The number of hydrogen-bond donors (Lipinski definition) is 2. The lowest BCUT2D eigenvalue weighted by atomic mass is 10.2. The summed E-state index contributed by atoms with van der Waals surface area (Å²) < 4.78 is 6.73.